The number of rotatable bonds is 2. The minimum Gasteiger partial charge on any atom is -0.478 e. The van der Waals surface area contributed by atoms with E-state index in [1.807, 2.05) is 0 Å². The van der Waals surface area contributed by atoms with Crippen LogP contribution in [0.1, 0.15) is 20.7 Å². The van der Waals surface area contributed by atoms with Gasteiger partial charge in [-0.15, -0.1) is 0 Å². The first-order valence-corrected chi connectivity index (χ1v) is 5.00. The molecule has 1 aromatic carbocycles. The van der Waals surface area contributed by atoms with Crippen LogP contribution in [0.25, 0.3) is 0 Å². The molecule has 0 aromatic heterocycles. The molecule has 2 amide bonds. The van der Waals surface area contributed by atoms with E-state index < -0.39 is 11.9 Å². The number of aliphatic carboxylic acids is 2. The summed E-state index contributed by atoms with van der Waals surface area (Å²) in [6, 6.07) is 6.74. The zero-order valence-corrected chi connectivity index (χ0v) is 9.49. The summed E-state index contributed by atoms with van der Waals surface area (Å²) in [5.41, 5.74) is 0.940. The highest BCUT2D eigenvalue weighted by molar-refractivity contribution is 6.21. The molecule has 0 fully saturated rings. The Kier molecular flexibility index (Phi) is 4.53. The highest BCUT2D eigenvalue weighted by Gasteiger charge is 2.25. The van der Waals surface area contributed by atoms with Gasteiger partial charge in [-0.2, -0.15) is 0 Å². The van der Waals surface area contributed by atoms with Crippen LogP contribution >= 0.6 is 0 Å². The molecule has 0 radical (unpaired) electrons. The van der Waals surface area contributed by atoms with E-state index in [9.17, 15) is 19.2 Å². The number of amides is 2. The monoisotopic (exact) mass is 263 g/mol. The van der Waals surface area contributed by atoms with E-state index in [2.05, 4.69) is 5.32 Å². The summed E-state index contributed by atoms with van der Waals surface area (Å²) in [5.74, 6) is -3.11. The molecule has 0 aliphatic carbocycles. The van der Waals surface area contributed by atoms with Crippen LogP contribution in [0.2, 0.25) is 0 Å². The zero-order chi connectivity index (χ0) is 14.4. The second kappa shape index (κ2) is 6.10. The van der Waals surface area contributed by atoms with Gasteiger partial charge in [-0.25, -0.2) is 9.59 Å². The second-order valence-corrected chi connectivity index (χ2v) is 3.34. The van der Waals surface area contributed by atoms with E-state index in [4.69, 9.17) is 10.2 Å². The third-order valence-electron chi connectivity index (χ3n) is 2.01. The van der Waals surface area contributed by atoms with Gasteiger partial charge in [-0.3, -0.25) is 14.9 Å². The van der Waals surface area contributed by atoms with Crippen LogP contribution < -0.4 is 5.32 Å². The molecular weight excluding hydrogens is 254 g/mol. The van der Waals surface area contributed by atoms with Crippen LogP contribution in [-0.2, 0) is 9.59 Å². The van der Waals surface area contributed by atoms with Gasteiger partial charge in [0.15, 0.2) is 0 Å². The fourth-order valence-corrected chi connectivity index (χ4v) is 1.26. The van der Waals surface area contributed by atoms with Crippen molar-refractivity contribution < 1.29 is 29.4 Å². The van der Waals surface area contributed by atoms with Crippen molar-refractivity contribution in [3.8, 4) is 0 Å². The smallest absolute Gasteiger partial charge is 0.328 e. The standard InChI is InChI=1S/C8H5NO2.C4H4O4/c10-7-5-3-1-2-4-6(5)8(11)9-7;5-3(6)1-2-4(7)8/h1-4H,(H,9,10,11);1-2H,(H,5,6)(H,7,8)/b;2-1-. The molecule has 1 heterocycles. The lowest BCUT2D eigenvalue weighted by molar-refractivity contribution is -0.134. The lowest BCUT2D eigenvalue weighted by Crippen LogP contribution is -2.19. The van der Waals surface area contributed by atoms with E-state index in [1.165, 1.54) is 0 Å². The largest absolute Gasteiger partial charge is 0.478 e. The third-order valence-corrected chi connectivity index (χ3v) is 2.01. The number of carbonyl (C=O) groups is 4. The maximum Gasteiger partial charge on any atom is 0.328 e. The van der Waals surface area contributed by atoms with E-state index in [0.717, 1.165) is 0 Å². The van der Waals surface area contributed by atoms with Crippen LogP contribution in [0.15, 0.2) is 36.4 Å². The minimum absolute atomic E-state index is 0.300. The molecule has 19 heavy (non-hydrogen) atoms. The Morgan fingerprint density at radius 3 is 1.58 bits per heavy atom. The van der Waals surface area contributed by atoms with Crippen molar-refractivity contribution >= 4 is 23.8 Å². The molecule has 0 saturated carbocycles. The van der Waals surface area contributed by atoms with E-state index in [0.29, 0.717) is 23.3 Å². The number of carboxylic acids is 2. The first-order chi connectivity index (χ1) is 8.91. The molecule has 0 unspecified atom stereocenters. The van der Waals surface area contributed by atoms with Crippen molar-refractivity contribution in [3.05, 3.63) is 47.5 Å². The maximum atomic E-state index is 10.9. The maximum absolute atomic E-state index is 10.9. The lowest BCUT2D eigenvalue weighted by Gasteiger charge is -1.88. The van der Waals surface area contributed by atoms with Crippen molar-refractivity contribution in [2.75, 3.05) is 0 Å². The zero-order valence-electron chi connectivity index (χ0n) is 9.49. The van der Waals surface area contributed by atoms with Crippen molar-refractivity contribution in [2.24, 2.45) is 0 Å². The normalized spacial score (nSPS) is 12.4. The number of imide groups is 1. The SMILES string of the molecule is O=C(O)/C=C\C(=O)O.O=C1NC(=O)c2ccccc21. The molecule has 1 aliphatic heterocycles. The molecule has 1 aliphatic rings. The Bertz CT molecular complexity index is 526. The van der Waals surface area contributed by atoms with Gasteiger partial charge in [-0.05, 0) is 12.1 Å². The summed E-state index contributed by atoms with van der Waals surface area (Å²) in [7, 11) is 0. The highest BCUT2D eigenvalue weighted by Crippen LogP contribution is 2.13. The average Bonchev–Trinajstić information content (AvgIpc) is 2.64. The number of nitrogens with one attached hydrogen (secondary N) is 1. The predicted molar refractivity (Wildman–Crippen MR) is 62.7 cm³/mol. The summed E-state index contributed by atoms with van der Waals surface area (Å²) in [5, 5.41) is 17.8. The first-order valence-electron chi connectivity index (χ1n) is 5.00. The molecule has 3 N–H and O–H groups in total. The Labute approximate surface area is 107 Å². The molecule has 7 nitrogen and oxygen atoms in total. The molecule has 0 spiro atoms. The number of fused-ring (bicyclic) bond motifs is 1. The third kappa shape index (κ3) is 4.08. The Balaban J connectivity index is 0.000000203. The fraction of sp³-hybridized carbons (Fsp3) is 0. The Morgan fingerprint density at radius 2 is 1.26 bits per heavy atom. The average molecular weight is 263 g/mol. The molecular formula is C12H9NO6. The van der Waals surface area contributed by atoms with Crippen molar-refractivity contribution in [1.82, 2.24) is 5.32 Å². The highest BCUT2D eigenvalue weighted by atomic mass is 16.4. The van der Waals surface area contributed by atoms with Gasteiger partial charge in [0.05, 0.1) is 11.1 Å². The summed E-state index contributed by atoms with van der Waals surface area (Å²) in [4.78, 5) is 41.0. The van der Waals surface area contributed by atoms with Gasteiger partial charge in [0, 0.05) is 12.2 Å². The van der Waals surface area contributed by atoms with E-state index >= 15 is 0 Å². The summed E-state index contributed by atoms with van der Waals surface area (Å²) in [6.07, 6.45) is 1.12. The Hall–Kier alpha value is -2.96. The van der Waals surface area contributed by atoms with Gasteiger partial charge < -0.3 is 10.2 Å². The number of benzene rings is 1. The molecule has 0 atom stereocenters. The van der Waals surface area contributed by atoms with Crippen molar-refractivity contribution in [2.45, 2.75) is 0 Å². The van der Waals surface area contributed by atoms with Gasteiger partial charge >= 0.3 is 11.9 Å². The number of hydrogen-bond donors (Lipinski definition) is 3. The van der Waals surface area contributed by atoms with E-state index in [1.54, 1.807) is 24.3 Å². The van der Waals surface area contributed by atoms with Gasteiger partial charge in [0.25, 0.3) is 11.8 Å². The van der Waals surface area contributed by atoms with Crippen LogP contribution in [0.4, 0.5) is 0 Å². The van der Waals surface area contributed by atoms with Gasteiger partial charge in [0.2, 0.25) is 0 Å². The lowest BCUT2D eigenvalue weighted by atomic mass is 10.1. The Morgan fingerprint density at radius 1 is 0.895 bits per heavy atom. The molecule has 7 heteroatoms. The van der Waals surface area contributed by atoms with Gasteiger partial charge in [-0.1, -0.05) is 12.1 Å². The molecule has 0 saturated heterocycles. The van der Waals surface area contributed by atoms with Crippen LogP contribution in [0.5, 0.6) is 0 Å². The summed E-state index contributed by atoms with van der Waals surface area (Å²) >= 11 is 0. The van der Waals surface area contributed by atoms with Crippen molar-refractivity contribution in [1.29, 1.82) is 0 Å². The second-order valence-electron chi connectivity index (χ2n) is 3.34. The molecule has 98 valence electrons. The molecule has 0 bridgehead atoms. The first kappa shape index (κ1) is 14.1. The quantitative estimate of drug-likeness (QED) is 0.520. The van der Waals surface area contributed by atoms with Crippen LogP contribution in [-0.4, -0.2) is 34.0 Å². The fourth-order valence-electron chi connectivity index (χ4n) is 1.26. The van der Waals surface area contributed by atoms with Crippen LogP contribution in [0.3, 0.4) is 0 Å². The topological polar surface area (TPSA) is 121 Å². The number of carboxylic acid groups (broad SMARTS) is 2. The summed E-state index contributed by atoms with van der Waals surface area (Å²) < 4.78 is 0. The van der Waals surface area contributed by atoms with Crippen molar-refractivity contribution in [3.63, 3.8) is 0 Å². The number of hydrogen-bond acceptors (Lipinski definition) is 4. The van der Waals surface area contributed by atoms with E-state index in [-0.39, 0.29) is 11.8 Å². The summed E-state index contributed by atoms with van der Waals surface area (Å²) in [6.45, 7) is 0. The minimum atomic E-state index is -1.26. The molecule has 2 rings (SSSR count). The predicted octanol–water partition coefficient (Wildman–Crippen LogP) is 0.282. The van der Waals surface area contributed by atoms with Crippen LogP contribution in [0, 0.1) is 0 Å². The number of carbonyl (C=O) groups excluding carboxylic acids is 2. The molecule has 1 aromatic rings. The van der Waals surface area contributed by atoms with Gasteiger partial charge in [0.1, 0.15) is 0 Å².